The highest BCUT2D eigenvalue weighted by molar-refractivity contribution is 5.82. The molecule has 3 rings (SSSR count). The Kier molecular flexibility index (Phi) is 1.47. The maximum atomic E-state index is 4.35. The molecule has 14 heavy (non-hydrogen) atoms. The van der Waals surface area contributed by atoms with E-state index in [-0.39, 0.29) is 0 Å². The van der Waals surface area contributed by atoms with E-state index in [9.17, 15) is 0 Å². The minimum absolute atomic E-state index is 0.794. The van der Waals surface area contributed by atoms with Crippen LogP contribution in [0.2, 0.25) is 0 Å². The van der Waals surface area contributed by atoms with Gasteiger partial charge in [-0.3, -0.25) is 4.99 Å². The van der Waals surface area contributed by atoms with Crippen molar-refractivity contribution in [3.8, 4) is 0 Å². The number of nitrogens with one attached hydrogen (secondary N) is 1. The van der Waals surface area contributed by atoms with Crippen LogP contribution in [0.5, 0.6) is 0 Å². The molecule has 0 radical (unpaired) electrons. The Labute approximate surface area is 80.7 Å². The van der Waals surface area contributed by atoms with Crippen molar-refractivity contribution in [2.75, 3.05) is 0 Å². The predicted molar refractivity (Wildman–Crippen MR) is 52.9 cm³/mol. The highest BCUT2D eigenvalue weighted by Crippen LogP contribution is 2.24. The van der Waals surface area contributed by atoms with Crippen molar-refractivity contribution < 1.29 is 0 Å². The molecule has 1 aromatic heterocycles. The quantitative estimate of drug-likeness (QED) is 0.575. The van der Waals surface area contributed by atoms with Crippen molar-refractivity contribution in [1.82, 2.24) is 15.4 Å². The van der Waals surface area contributed by atoms with Gasteiger partial charge in [0.05, 0.1) is 17.6 Å². The van der Waals surface area contributed by atoms with Gasteiger partial charge < -0.3 is 0 Å². The molecule has 1 aliphatic heterocycles. The summed E-state index contributed by atoms with van der Waals surface area (Å²) in [4.78, 5) is 4.35. The molecule has 0 fully saturated rings. The third-order valence-electron chi connectivity index (χ3n) is 2.33. The van der Waals surface area contributed by atoms with Crippen LogP contribution in [-0.4, -0.2) is 21.6 Å². The molecular formula is C10H8N4. The van der Waals surface area contributed by atoms with Crippen molar-refractivity contribution in [3.63, 3.8) is 0 Å². The molecular weight excluding hydrogens is 176 g/mol. The van der Waals surface area contributed by atoms with Crippen LogP contribution < -0.4 is 0 Å². The molecule has 68 valence electrons. The number of para-hydroxylation sites is 1. The molecule has 2 aromatic rings. The molecule has 0 saturated carbocycles. The maximum Gasteiger partial charge on any atom is 0.127 e. The average Bonchev–Trinajstić information content (AvgIpc) is 2.58. The Hall–Kier alpha value is -1.97. The first-order valence-electron chi connectivity index (χ1n) is 4.45. The first kappa shape index (κ1) is 7.44. The Morgan fingerprint density at radius 1 is 1.14 bits per heavy atom. The summed E-state index contributed by atoms with van der Waals surface area (Å²) in [5, 5.41) is 10.7. The lowest BCUT2D eigenvalue weighted by Gasteiger charge is -1.99. The van der Waals surface area contributed by atoms with Gasteiger partial charge in [0.15, 0.2) is 0 Å². The average molecular weight is 184 g/mol. The van der Waals surface area contributed by atoms with Gasteiger partial charge in [-0.1, -0.05) is 18.2 Å². The summed E-state index contributed by atoms with van der Waals surface area (Å²) in [7, 11) is 0. The summed E-state index contributed by atoms with van der Waals surface area (Å²) in [6.07, 6.45) is 2.55. The number of hydrogen-bond donors (Lipinski definition) is 1. The molecule has 1 aromatic carbocycles. The maximum absolute atomic E-state index is 4.35. The van der Waals surface area contributed by atoms with Gasteiger partial charge in [-0.2, -0.15) is 15.4 Å². The zero-order valence-electron chi connectivity index (χ0n) is 7.44. The summed E-state index contributed by atoms with van der Waals surface area (Å²) >= 11 is 0. The standard InChI is InChI=1S/C10H8N4/c1-2-4-8-7(3-1)5-9-10(6-11-8)13-14-12-9/h1-4,6H,5H2,(H,12,13,14). The lowest BCUT2D eigenvalue weighted by Crippen LogP contribution is -1.90. The number of fused-ring (bicyclic) bond motifs is 2. The topological polar surface area (TPSA) is 53.9 Å². The number of aromatic amines is 1. The van der Waals surface area contributed by atoms with Crippen LogP contribution in [0.15, 0.2) is 29.3 Å². The molecule has 1 aliphatic rings. The summed E-state index contributed by atoms with van der Waals surface area (Å²) in [6.45, 7) is 0. The van der Waals surface area contributed by atoms with Crippen LogP contribution in [0, 0.1) is 0 Å². The third kappa shape index (κ3) is 1.04. The molecule has 0 spiro atoms. The highest BCUT2D eigenvalue weighted by Gasteiger charge is 2.12. The van der Waals surface area contributed by atoms with Gasteiger partial charge >= 0.3 is 0 Å². The summed E-state index contributed by atoms with van der Waals surface area (Å²) < 4.78 is 0. The summed E-state index contributed by atoms with van der Waals surface area (Å²) in [5.74, 6) is 0. The predicted octanol–water partition coefficient (Wildman–Crippen LogP) is 1.46. The van der Waals surface area contributed by atoms with Crippen LogP contribution >= 0.6 is 0 Å². The lowest BCUT2D eigenvalue weighted by atomic mass is 10.1. The normalized spacial score (nSPS) is 13.1. The summed E-state index contributed by atoms with van der Waals surface area (Å²) in [5.41, 5.74) is 3.99. The molecule has 1 N–H and O–H groups in total. The van der Waals surface area contributed by atoms with Crippen molar-refractivity contribution in [3.05, 3.63) is 41.2 Å². The van der Waals surface area contributed by atoms with E-state index in [1.807, 2.05) is 18.2 Å². The van der Waals surface area contributed by atoms with E-state index in [0.717, 1.165) is 23.5 Å². The van der Waals surface area contributed by atoms with Crippen LogP contribution in [0.25, 0.3) is 0 Å². The van der Waals surface area contributed by atoms with E-state index in [1.54, 1.807) is 6.21 Å². The Bertz CT molecular complexity index is 498. The number of hydrogen-bond acceptors (Lipinski definition) is 3. The van der Waals surface area contributed by atoms with Gasteiger partial charge in [-0.25, -0.2) is 0 Å². The molecule has 0 unspecified atom stereocenters. The molecule has 0 atom stereocenters. The van der Waals surface area contributed by atoms with Gasteiger partial charge in [0.1, 0.15) is 5.69 Å². The number of rotatable bonds is 0. The minimum Gasteiger partial charge on any atom is -0.254 e. The largest absolute Gasteiger partial charge is 0.254 e. The van der Waals surface area contributed by atoms with Crippen molar-refractivity contribution in [2.24, 2.45) is 4.99 Å². The second kappa shape index (κ2) is 2.77. The van der Waals surface area contributed by atoms with E-state index in [1.165, 1.54) is 5.56 Å². The first-order valence-corrected chi connectivity index (χ1v) is 4.45. The molecule has 0 saturated heterocycles. The number of nitrogens with zero attached hydrogens (tertiary/aromatic N) is 3. The van der Waals surface area contributed by atoms with E-state index in [4.69, 9.17) is 0 Å². The van der Waals surface area contributed by atoms with Crippen LogP contribution in [0.3, 0.4) is 0 Å². The fraction of sp³-hybridized carbons (Fsp3) is 0.100. The van der Waals surface area contributed by atoms with Gasteiger partial charge in [0, 0.05) is 6.42 Å². The van der Waals surface area contributed by atoms with Gasteiger partial charge in [-0.05, 0) is 11.6 Å². The zero-order valence-corrected chi connectivity index (χ0v) is 7.44. The van der Waals surface area contributed by atoms with E-state index < -0.39 is 0 Å². The van der Waals surface area contributed by atoms with Crippen molar-refractivity contribution in [2.45, 2.75) is 6.42 Å². The number of aliphatic imine (C=N–C) groups is 1. The third-order valence-corrected chi connectivity index (χ3v) is 2.33. The number of benzene rings is 1. The fourth-order valence-corrected chi connectivity index (χ4v) is 1.59. The SMILES string of the molecule is C1=Nc2ccccc2Cc2n[nH]nc21. The first-order chi connectivity index (χ1) is 6.93. The van der Waals surface area contributed by atoms with Gasteiger partial charge in [-0.15, -0.1) is 0 Å². The second-order valence-corrected chi connectivity index (χ2v) is 3.22. The van der Waals surface area contributed by atoms with Crippen LogP contribution in [-0.2, 0) is 6.42 Å². The summed E-state index contributed by atoms with van der Waals surface area (Å²) in [6, 6.07) is 8.07. The Balaban J connectivity index is 2.19. The van der Waals surface area contributed by atoms with Crippen LogP contribution in [0.4, 0.5) is 5.69 Å². The van der Waals surface area contributed by atoms with Crippen LogP contribution in [0.1, 0.15) is 17.0 Å². The molecule has 2 heterocycles. The van der Waals surface area contributed by atoms with Gasteiger partial charge in [0.2, 0.25) is 0 Å². The van der Waals surface area contributed by atoms with Crippen molar-refractivity contribution in [1.29, 1.82) is 0 Å². The fourth-order valence-electron chi connectivity index (χ4n) is 1.59. The molecule has 0 amide bonds. The molecule has 4 nitrogen and oxygen atoms in total. The number of aromatic nitrogens is 3. The molecule has 0 aliphatic carbocycles. The minimum atomic E-state index is 0.794. The smallest absolute Gasteiger partial charge is 0.127 e. The monoisotopic (exact) mass is 184 g/mol. The Morgan fingerprint density at radius 3 is 3.07 bits per heavy atom. The number of H-pyrrole nitrogens is 1. The van der Waals surface area contributed by atoms with E-state index in [0.29, 0.717) is 0 Å². The van der Waals surface area contributed by atoms with E-state index in [2.05, 4.69) is 26.5 Å². The lowest BCUT2D eigenvalue weighted by molar-refractivity contribution is 0.914. The second-order valence-electron chi connectivity index (χ2n) is 3.22. The highest BCUT2D eigenvalue weighted by atomic mass is 15.3. The van der Waals surface area contributed by atoms with Gasteiger partial charge in [0.25, 0.3) is 0 Å². The van der Waals surface area contributed by atoms with E-state index >= 15 is 0 Å². The molecule has 0 bridgehead atoms. The molecule has 4 heteroatoms. The zero-order chi connectivity index (χ0) is 9.38. The Morgan fingerprint density at radius 2 is 2.07 bits per heavy atom. The van der Waals surface area contributed by atoms with Crippen molar-refractivity contribution >= 4 is 11.9 Å².